The lowest BCUT2D eigenvalue weighted by atomic mass is 10.00. The lowest BCUT2D eigenvalue weighted by Gasteiger charge is -2.09. The monoisotopic (exact) mass is 420 g/mol. The van der Waals surface area contributed by atoms with Gasteiger partial charge in [0.25, 0.3) is 5.91 Å². The van der Waals surface area contributed by atoms with Crippen molar-refractivity contribution in [2.24, 2.45) is 5.73 Å². The quantitative estimate of drug-likeness (QED) is 0.512. The molecule has 0 radical (unpaired) electrons. The van der Waals surface area contributed by atoms with Gasteiger partial charge >= 0.3 is 0 Å². The maximum atomic E-state index is 12.2. The van der Waals surface area contributed by atoms with Crippen molar-refractivity contribution in [2.45, 2.75) is 20.3 Å². The summed E-state index contributed by atoms with van der Waals surface area (Å²) >= 11 is 6.10. The second-order valence-electron chi connectivity index (χ2n) is 7.00. The molecule has 0 aliphatic carbocycles. The molecule has 0 aliphatic heterocycles. The molecule has 6 heteroatoms. The number of halogens is 1. The van der Waals surface area contributed by atoms with Gasteiger partial charge in [-0.15, -0.1) is 0 Å². The van der Waals surface area contributed by atoms with Crippen LogP contribution in [0.3, 0.4) is 0 Å². The number of carbonyl (C=O) groups is 1. The first-order valence-electron chi connectivity index (χ1n) is 9.73. The second-order valence-corrected chi connectivity index (χ2v) is 7.44. The Balaban J connectivity index is 1.93. The van der Waals surface area contributed by atoms with Crippen LogP contribution in [0.5, 0.6) is 0 Å². The summed E-state index contributed by atoms with van der Waals surface area (Å²) in [6.07, 6.45) is 4.22. The molecule has 154 valence electrons. The van der Waals surface area contributed by atoms with Crippen molar-refractivity contribution < 1.29 is 4.79 Å². The SMILES string of the molecule is C=Cc1c(/C=C(\N)c2cc(C(=O)NCC)ccc2C)n[nH]c1Cc1cccc(Cl)c1. The van der Waals surface area contributed by atoms with E-state index in [1.807, 2.05) is 44.2 Å². The third-order valence-electron chi connectivity index (χ3n) is 4.83. The number of hydrogen-bond donors (Lipinski definition) is 3. The fourth-order valence-electron chi connectivity index (χ4n) is 3.29. The third-order valence-corrected chi connectivity index (χ3v) is 5.06. The lowest BCUT2D eigenvalue weighted by Crippen LogP contribution is -2.22. The van der Waals surface area contributed by atoms with Gasteiger partial charge in [-0.05, 0) is 55.3 Å². The van der Waals surface area contributed by atoms with Gasteiger partial charge in [-0.3, -0.25) is 9.89 Å². The Labute approximate surface area is 181 Å². The normalized spacial score (nSPS) is 11.4. The highest BCUT2D eigenvalue weighted by Gasteiger charge is 2.13. The van der Waals surface area contributed by atoms with E-state index in [2.05, 4.69) is 22.1 Å². The van der Waals surface area contributed by atoms with Gasteiger partial charge in [-0.2, -0.15) is 5.10 Å². The first-order valence-corrected chi connectivity index (χ1v) is 10.1. The Morgan fingerprint density at radius 2 is 2.10 bits per heavy atom. The van der Waals surface area contributed by atoms with Crippen molar-refractivity contribution in [1.29, 1.82) is 0 Å². The molecule has 0 saturated heterocycles. The van der Waals surface area contributed by atoms with Crippen molar-refractivity contribution in [2.75, 3.05) is 6.54 Å². The Morgan fingerprint density at radius 3 is 2.80 bits per heavy atom. The molecule has 3 rings (SSSR count). The van der Waals surface area contributed by atoms with E-state index < -0.39 is 0 Å². The molecular formula is C24H25ClN4O. The number of amides is 1. The van der Waals surface area contributed by atoms with E-state index in [1.165, 1.54) is 0 Å². The Morgan fingerprint density at radius 1 is 1.30 bits per heavy atom. The zero-order valence-corrected chi connectivity index (χ0v) is 17.9. The highest BCUT2D eigenvalue weighted by molar-refractivity contribution is 6.30. The Hall–Kier alpha value is -3.31. The second kappa shape index (κ2) is 9.46. The standard InChI is InChI=1S/C24H25ClN4O/c1-4-19-22(12-16-7-6-8-18(25)11-16)28-29-23(19)14-21(26)20-13-17(10-9-15(20)3)24(30)27-5-2/h4,6-11,13-14H,1,5,12,26H2,2-3H3,(H,27,30)(H,28,29)/b21-14-. The van der Waals surface area contributed by atoms with Crippen LogP contribution in [0.2, 0.25) is 5.02 Å². The van der Waals surface area contributed by atoms with E-state index in [1.54, 1.807) is 24.3 Å². The van der Waals surface area contributed by atoms with Crippen LogP contribution in [0, 0.1) is 6.92 Å². The maximum absolute atomic E-state index is 12.2. The van der Waals surface area contributed by atoms with Gasteiger partial charge in [0.05, 0.1) is 5.69 Å². The zero-order valence-electron chi connectivity index (χ0n) is 17.1. The van der Waals surface area contributed by atoms with Crippen molar-refractivity contribution in [3.8, 4) is 0 Å². The highest BCUT2D eigenvalue weighted by atomic mass is 35.5. The van der Waals surface area contributed by atoms with Crippen LogP contribution in [-0.2, 0) is 6.42 Å². The molecule has 4 N–H and O–H groups in total. The fourth-order valence-corrected chi connectivity index (χ4v) is 3.50. The molecular weight excluding hydrogens is 396 g/mol. The molecule has 0 atom stereocenters. The molecule has 3 aromatic rings. The average molecular weight is 421 g/mol. The molecule has 1 aromatic heterocycles. The molecule has 0 unspecified atom stereocenters. The van der Waals surface area contributed by atoms with E-state index in [0.29, 0.717) is 34.9 Å². The number of H-pyrrole nitrogens is 1. The first kappa shape index (κ1) is 21.4. The van der Waals surface area contributed by atoms with Crippen LogP contribution < -0.4 is 11.1 Å². The molecule has 1 heterocycles. The minimum atomic E-state index is -0.123. The molecule has 0 bridgehead atoms. The fraction of sp³-hybridized carbons (Fsp3) is 0.167. The summed E-state index contributed by atoms with van der Waals surface area (Å²) in [6, 6.07) is 13.2. The first-order chi connectivity index (χ1) is 14.4. The van der Waals surface area contributed by atoms with Crippen LogP contribution in [0.15, 0.2) is 49.0 Å². The van der Waals surface area contributed by atoms with Gasteiger partial charge in [-0.25, -0.2) is 0 Å². The van der Waals surface area contributed by atoms with Crippen LogP contribution in [0.1, 0.15) is 50.9 Å². The summed E-state index contributed by atoms with van der Waals surface area (Å²) in [6.45, 7) is 8.34. The molecule has 0 saturated carbocycles. The number of carbonyl (C=O) groups excluding carboxylic acids is 1. The summed E-state index contributed by atoms with van der Waals surface area (Å²) < 4.78 is 0. The minimum absolute atomic E-state index is 0.123. The number of nitrogens with zero attached hydrogens (tertiary/aromatic N) is 1. The number of nitrogens with two attached hydrogens (primary N) is 1. The highest BCUT2D eigenvalue weighted by Crippen LogP contribution is 2.24. The maximum Gasteiger partial charge on any atom is 0.251 e. The largest absolute Gasteiger partial charge is 0.398 e. The summed E-state index contributed by atoms with van der Waals surface area (Å²) in [7, 11) is 0. The predicted octanol–water partition coefficient (Wildman–Crippen LogP) is 4.81. The van der Waals surface area contributed by atoms with Gasteiger partial charge < -0.3 is 11.1 Å². The summed E-state index contributed by atoms with van der Waals surface area (Å²) in [5.74, 6) is -0.123. The number of aryl methyl sites for hydroxylation is 1. The van der Waals surface area contributed by atoms with Crippen molar-refractivity contribution in [1.82, 2.24) is 15.5 Å². The predicted molar refractivity (Wildman–Crippen MR) is 124 cm³/mol. The number of benzene rings is 2. The zero-order chi connectivity index (χ0) is 21.7. The van der Waals surface area contributed by atoms with Crippen LogP contribution in [-0.4, -0.2) is 22.6 Å². The smallest absolute Gasteiger partial charge is 0.251 e. The summed E-state index contributed by atoms with van der Waals surface area (Å²) in [4.78, 5) is 12.2. The van der Waals surface area contributed by atoms with Gasteiger partial charge in [0.2, 0.25) is 0 Å². The van der Waals surface area contributed by atoms with E-state index in [0.717, 1.165) is 27.9 Å². The third kappa shape index (κ3) is 4.81. The van der Waals surface area contributed by atoms with Crippen molar-refractivity contribution in [3.05, 3.63) is 93.3 Å². The van der Waals surface area contributed by atoms with Gasteiger partial charge in [0, 0.05) is 46.1 Å². The van der Waals surface area contributed by atoms with Gasteiger partial charge in [0.15, 0.2) is 0 Å². The summed E-state index contributed by atoms with van der Waals surface area (Å²) in [5, 5.41) is 11.0. The topological polar surface area (TPSA) is 83.8 Å². The van der Waals surface area contributed by atoms with Crippen LogP contribution in [0.25, 0.3) is 17.8 Å². The summed E-state index contributed by atoms with van der Waals surface area (Å²) in [5.41, 5.74) is 12.9. The van der Waals surface area contributed by atoms with E-state index in [-0.39, 0.29) is 5.91 Å². The number of nitrogens with one attached hydrogen (secondary N) is 2. The average Bonchev–Trinajstić information content (AvgIpc) is 3.09. The van der Waals surface area contributed by atoms with E-state index >= 15 is 0 Å². The van der Waals surface area contributed by atoms with Crippen LogP contribution >= 0.6 is 11.6 Å². The van der Waals surface area contributed by atoms with Crippen molar-refractivity contribution in [3.63, 3.8) is 0 Å². The Bertz CT molecular complexity index is 1110. The van der Waals surface area contributed by atoms with Crippen molar-refractivity contribution >= 4 is 35.4 Å². The number of hydrogen-bond acceptors (Lipinski definition) is 3. The minimum Gasteiger partial charge on any atom is -0.398 e. The van der Waals surface area contributed by atoms with Gasteiger partial charge in [0.1, 0.15) is 0 Å². The molecule has 1 amide bonds. The Kier molecular flexibility index (Phi) is 6.75. The number of aromatic amines is 1. The molecule has 0 aliphatic rings. The van der Waals surface area contributed by atoms with Gasteiger partial charge in [-0.1, -0.05) is 42.5 Å². The molecule has 30 heavy (non-hydrogen) atoms. The van der Waals surface area contributed by atoms with E-state index in [9.17, 15) is 4.79 Å². The lowest BCUT2D eigenvalue weighted by molar-refractivity contribution is 0.0956. The van der Waals surface area contributed by atoms with E-state index in [4.69, 9.17) is 17.3 Å². The molecule has 0 fully saturated rings. The number of aromatic nitrogens is 2. The van der Waals surface area contributed by atoms with Crippen LogP contribution in [0.4, 0.5) is 0 Å². The molecule has 5 nitrogen and oxygen atoms in total. The number of rotatable bonds is 7. The molecule has 0 spiro atoms. The molecule has 2 aromatic carbocycles.